The van der Waals surface area contributed by atoms with Crippen LogP contribution < -0.4 is 15.4 Å². The number of nitrogens with one attached hydrogen (secondary N) is 2. The molecule has 4 nitrogen and oxygen atoms in total. The molecule has 0 aliphatic carbocycles. The van der Waals surface area contributed by atoms with E-state index < -0.39 is 0 Å². The summed E-state index contributed by atoms with van der Waals surface area (Å²) in [7, 11) is 1.97. The fraction of sp³-hybridized carbons (Fsp3) is 0.462. The third kappa shape index (κ3) is 2.77. The molecular formula is C13H18N2O2. The number of rotatable bonds is 4. The van der Waals surface area contributed by atoms with Crippen LogP contribution in [0.3, 0.4) is 0 Å². The number of likely N-dealkylation sites (N-methyl/N-ethyl adjacent to an activating group) is 1. The van der Waals surface area contributed by atoms with Gasteiger partial charge in [-0.25, -0.2) is 0 Å². The Kier molecular flexibility index (Phi) is 3.64. The first-order valence-electron chi connectivity index (χ1n) is 5.95. The third-order valence-electron chi connectivity index (χ3n) is 3.06. The second-order valence-electron chi connectivity index (χ2n) is 4.27. The summed E-state index contributed by atoms with van der Waals surface area (Å²) in [6.07, 6.45) is 2.03. The SMILES string of the molecule is CCC(Cc1ccc2c(c1)NC(=O)CO2)NC. The van der Waals surface area contributed by atoms with Crippen molar-refractivity contribution in [3.63, 3.8) is 0 Å². The highest BCUT2D eigenvalue weighted by Crippen LogP contribution is 2.28. The molecule has 4 heteroatoms. The van der Waals surface area contributed by atoms with Crippen molar-refractivity contribution < 1.29 is 9.53 Å². The van der Waals surface area contributed by atoms with Gasteiger partial charge in [0, 0.05) is 6.04 Å². The van der Waals surface area contributed by atoms with Crippen molar-refractivity contribution in [2.45, 2.75) is 25.8 Å². The molecule has 1 amide bonds. The Hall–Kier alpha value is -1.55. The smallest absolute Gasteiger partial charge is 0.262 e. The molecule has 0 fully saturated rings. The van der Waals surface area contributed by atoms with E-state index in [4.69, 9.17) is 4.74 Å². The highest BCUT2D eigenvalue weighted by Gasteiger charge is 2.16. The van der Waals surface area contributed by atoms with Gasteiger partial charge in [0.05, 0.1) is 5.69 Å². The Bertz CT molecular complexity index is 414. The lowest BCUT2D eigenvalue weighted by atomic mass is 10.0. The number of benzene rings is 1. The number of anilines is 1. The van der Waals surface area contributed by atoms with Crippen molar-refractivity contribution in [3.8, 4) is 5.75 Å². The van der Waals surface area contributed by atoms with Crippen LogP contribution in [0.25, 0.3) is 0 Å². The van der Waals surface area contributed by atoms with Crippen molar-refractivity contribution in [3.05, 3.63) is 23.8 Å². The first kappa shape index (κ1) is 11.9. The lowest BCUT2D eigenvalue weighted by Gasteiger charge is -2.20. The summed E-state index contributed by atoms with van der Waals surface area (Å²) in [5.74, 6) is 0.668. The van der Waals surface area contributed by atoms with Crippen molar-refractivity contribution in [2.24, 2.45) is 0 Å². The van der Waals surface area contributed by atoms with E-state index in [0.29, 0.717) is 6.04 Å². The zero-order valence-electron chi connectivity index (χ0n) is 10.2. The van der Waals surface area contributed by atoms with Crippen LogP contribution in [-0.2, 0) is 11.2 Å². The maximum Gasteiger partial charge on any atom is 0.262 e. The van der Waals surface area contributed by atoms with Gasteiger partial charge < -0.3 is 15.4 Å². The Morgan fingerprint density at radius 3 is 3.06 bits per heavy atom. The van der Waals surface area contributed by atoms with Gasteiger partial charge in [0.2, 0.25) is 0 Å². The lowest BCUT2D eigenvalue weighted by Crippen LogP contribution is -2.27. The molecule has 1 aliphatic heterocycles. The second kappa shape index (κ2) is 5.19. The molecule has 0 saturated carbocycles. The van der Waals surface area contributed by atoms with Crippen LogP contribution in [0.4, 0.5) is 5.69 Å². The molecule has 1 aromatic rings. The topological polar surface area (TPSA) is 50.4 Å². The van der Waals surface area contributed by atoms with Gasteiger partial charge in [0.15, 0.2) is 6.61 Å². The molecule has 0 spiro atoms. The molecule has 92 valence electrons. The second-order valence-corrected chi connectivity index (χ2v) is 4.27. The monoisotopic (exact) mass is 234 g/mol. The predicted molar refractivity (Wildman–Crippen MR) is 67.4 cm³/mol. The number of hydrogen-bond donors (Lipinski definition) is 2. The first-order valence-corrected chi connectivity index (χ1v) is 5.95. The normalized spacial score (nSPS) is 15.8. The predicted octanol–water partition coefficient (Wildman–Crippen LogP) is 1.56. The number of carbonyl (C=O) groups is 1. The molecule has 0 saturated heterocycles. The molecule has 1 atom stereocenters. The maximum absolute atomic E-state index is 11.2. The van der Waals surface area contributed by atoms with E-state index in [1.165, 1.54) is 5.56 Å². The molecule has 1 aliphatic rings. The number of fused-ring (bicyclic) bond motifs is 1. The van der Waals surface area contributed by atoms with Crippen molar-refractivity contribution in [1.82, 2.24) is 5.32 Å². The minimum Gasteiger partial charge on any atom is -0.482 e. The van der Waals surface area contributed by atoms with Gasteiger partial charge in [-0.3, -0.25) is 4.79 Å². The van der Waals surface area contributed by atoms with E-state index >= 15 is 0 Å². The zero-order valence-corrected chi connectivity index (χ0v) is 10.2. The van der Waals surface area contributed by atoms with E-state index in [9.17, 15) is 4.79 Å². The first-order chi connectivity index (χ1) is 8.22. The largest absolute Gasteiger partial charge is 0.482 e. The summed E-state index contributed by atoms with van der Waals surface area (Å²) < 4.78 is 5.32. The molecule has 0 bridgehead atoms. The van der Waals surface area contributed by atoms with Gasteiger partial charge in [0.25, 0.3) is 5.91 Å². The average molecular weight is 234 g/mol. The molecule has 2 rings (SSSR count). The van der Waals surface area contributed by atoms with Crippen molar-refractivity contribution in [1.29, 1.82) is 0 Å². The van der Waals surface area contributed by atoms with Crippen LogP contribution in [0.1, 0.15) is 18.9 Å². The van der Waals surface area contributed by atoms with E-state index in [1.54, 1.807) is 0 Å². The highest BCUT2D eigenvalue weighted by atomic mass is 16.5. The Morgan fingerprint density at radius 2 is 2.35 bits per heavy atom. The van der Waals surface area contributed by atoms with E-state index in [0.717, 1.165) is 24.3 Å². The molecule has 0 aromatic heterocycles. The summed E-state index contributed by atoms with van der Waals surface area (Å²) in [5.41, 5.74) is 1.99. The van der Waals surface area contributed by atoms with Gasteiger partial charge in [-0.1, -0.05) is 13.0 Å². The standard InChI is InChI=1S/C13H18N2O2/c1-3-10(14-2)6-9-4-5-12-11(7-9)15-13(16)8-17-12/h4-5,7,10,14H,3,6,8H2,1-2H3,(H,15,16). The van der Waals surface area contributed by atoms with Crippen LogP contribution in [0, 0.1) is 0 Å². The number of hydrogen-bond acceptors (Lipinski definition) is 3. The Morgan fingerprint density at radius 1 is 1.53 bits per heavy atom. The van der Waals surface area contributed by atoms with Crippen LogP contribution in [0.2, 0.25) is 0 Å². The summed E-state index contributed by atoms with van der Waals surface area (Å²) in [4.78, 5) is 11.2. The highest BCUT2D eigenvalue weighted by molar-refractivity contribution is 5.95. The molecule has 1 unspecified atom stereocenters. The molecule has 17 heavy (non-hydrogen) atoms. The fourth-order valence-corrected chi connectivity index (χ4v) is 1.99. The van der Waals surface area contributed by atoms with Crippen LogP contribution in [0.15, 0.2) is 18.2 Å². The summed E-state index contributed by atoms with van der Waals surface area (Å²) >= 11 is 0. The minimum absolute atomic E-state index is 0.0877. The Balaban J connectivity index is 2.15. The summed E-state index contributed by atoms with van der Waals surface area (Å²) in [6.45, 7) is 2.27. The van der Waals surface area contributed by atoms with Crippen LogP contribution in [0.5, 0.6) is 5.75 Å². The average Bonchev–Trinajstić information content (AvgIpc) is 2.35. The minimum atomic E-state index is -0.0877. The molecule has 1 aromatic carbocycles. The quantitative estimate of drug-likeness (QED) is 0.831. The summed E-state index contributed by atoms with van der Waals surface area (Å²) in [5, 5.41) is 6.10. The van der Waals surface area contributed by atoms with E-state index in [-0.39, 0.29) is 12.5 Å². The molecule has 2 N–H and O–H groups in total. The van der Waals surface area contributed by atoms with Crippen LogP contribution in [-0.4, -0.2) is 25.6 Å². The fourth-order valence-electron chi connectivity index (χ4n) is 1.99. The maximum atomic E-state index is 11.2. The lowest BCUT2D eigenvalue weighted by molar-refractivity contribution is -0.118. The van der Waals surface area contributed by atoms with Gasteiger partial charge >= 0.3 is 0 Å². The number of carbonyl (C=O) groups excluding carboxylic acids is 1. The van der Waals surface area contributed by atoms with E-state index in [2.05, 4.69) is 23.6 Å². The molecular weight excluding hydrogens is 216 g/mol. The van der Waals surface area contributed by atoms with Gasteiger partial charge in [-0.15, -0.1) is 0 Å². The third-order valence-corrected chi connectivity index (χ3v) is 3.06. The molecule has 1 heterocycles. The zero-order chi connectivity index (χ0) is 12.3. The van der Waals surface area contributed by atoms with Gasteiger partial charge in [-0.2, -0.15) is 0 Å². The summed E-state index contributed by atoms with van der Waals surface area (Å²) in [6, 6.07) is 6.43. The van der Waals surface area contributed by atoms with Crippen molar-refractivity contribution >= 4 is 11.6 Å². The Labute approximate surface area is 101 Å². The van der Waals surface area contributed by atoms with Crippen LogP contribution >= 0.6 is 0 Å². The van der Waals surface area contributed by atoms with Crippen molar-refractivity contribution in [2.75, 3.05) is 19.0 Å². The van der Waals surface area contributed by atoms with E-state index in [1.807, 2.05) is 19.2 Å². The molecule has 0 radical (unpaired) electrons. The number of ether oxygens (including phenoxy) is 1. The van der Waals surface area contributed by atoms with Gasteiger partial charge in [-0.05, 0) is 37.6 Å². The van der Waals surface area contributed by atoms with Gasteiger partial charge in [0.1, 0.15) is 5.75 Å². The number of amides is 1.